The molecule has 2 aromatic carbocycles. The molecule has 154 valence electrons. The van der Waals surface area contributed by atoms with Gasteiger partial charge in [0.1, 0.15) is 0 Å². The summed E-state index contributed by atoms with van der Waals surface area (Å²) in [6.45, 7) is 0. The predicted molar refractivity (Wildman–Crippen MR) is 117 cm³/mol. The quantitative estimate of drug-likeness (QED) is 0.338. The van der Waals surface area contributed by atoms with E-state index in [0.29, 0.717) is 23.1 Å². The van der Waals surface area contributed by atoms with Gasteiger partial charge in [-0.2, -0.15) is 5.23 Å². The van der Waals surface area contributed by atoms with Gasteiger partial charge in [-0.3, -0.25) is 9.36 Å². The first-order valence-electron chi connectivity index (χ1n) is 9.35. The van der Waals surface area contributed by atoms with Crippen LogP contribution in [0.15, 0.2) is 69.5 Å². The molecule has 0 fully saturated rings. The maximum absolute atomic E-state index is 13.0. The Morgan fingerprint density at radius 2 is 1.90 bits per heavy atom. The van der Waals surface area contributed by atoms with Gasteiger partial charge in [-0.1, -0.05) is 42.1 Å². The minimum absolute atomic E-state index is 0.139. The molecule has 0 saturated heterocycles. The van der Waals surface area contributed by atoms with Crippen molar-refractivity contribution in [2.75, 3.05) is 11.6 Å². The van der Waals surface area contributed by atoms with Crippen molar-refractivity contribution in [3.8, 4) is 0 Å². The standard InChI is InChI=1S/C21H21N5O3S/c1-25-20(27)18-19(24-21(25)30-2)23-17(13-6-4-3-5-7-13)12-16(22-18)14-8-10-15(11-9-14)26(28)29/h3-11,17,23,26,28H,12H2,1-2H3. The molecule has 2 atom stereocenters. The number of rotatable bonds is 4. The highest BCUT2D eigenvalue weighted by Crippen LogP contribution is 2.33. The van der Waals surface area contributed by atoms with E-state index in [4.69, 9.17) is 4.99 Å². The number of aromatic nitrogens is 2. The molecule has 2 unspecified atom stereocenters. The zero-order chi connectivity index (χ0) is 21.3. The number of anilines is 1. The van der Waals surface area contributed by atoms with Crippen LogP contribution in [0.4, 0.5) is 17.2 Å². The summed E-state index contributed by atoms with van der Waals surface area (Å²) in [4.78, 5) is 22.3. The van der Waals surface area contributed by atoms with Crippen molar-refractivity contribution in [2.24, 2.45) is 12.0 Å². The van der Waals surface area contributed by atoms with Crippen LogP contribution in [0.25, 0.3) is 0 Å². The molecule has 3 N–H and O–H groups in total. The molecule has 0 amide bonds. The summed E-state index contributed by atoms with van der Waals surface area (Å²) in [7, 11) is 1.68. The van der Waals surface area contributed by atoms with E-state index in [1.54, 1.807) is 31.3 Å². The number of nitrogens with zero attached hydrogens (tertiary/aromatic N) is 3. The Morgan fingerprint density at radius 1 is 1.20 bits per heavy atom. The fraction of sp³-hybridized carbons (Fsp3) is 0.190. The minimum atomic E-state index is -0.985. The Hall–Kier alpha value is -2.98. The lowest BCUT2D eigenvalue weighted by molar-refractivity contribution is -0.991. The average molecular weight is 423 g/mol. The number of nitrogens with one attached hydrogen (secondary N) is 2. The highest BCUT2D eigenvalue weighted by atomic mass is 32.2. The van der Waals surface area contributed by atoms with Crippen molar-refractivity contribution in [1.29, 1.82) is 0 Å². The van der Waals surface area contributed by atoms with E-state index in [2.05, 4.69) is 10.3 Å². The molecule has 1 aromatic heterocycles. The normalized spacial score (nSPS) is 16.8. The lowest BCUT2D eigenvalue weighted by atomic mass is 9.97. The van der Waals surface area contributed by atoms with Crippen molar-refractivity contribution in [3.05, 3.63) is 81.3 Å². The highest BCUT2D eigenvalue weighted by molar-refractivity contribution is 7.98. The van der Waals surface area contributed by atoms with Crippen LogP contribution < -0.4 is 16.1 Å². The van der Waals surface area contributed by atoms with Crippen LogP contribution in [0.5, 0.6) is 0 Å². The monoisotopic (exact) mass is 423 g/mol. The third-order valence-electron chi connectivity index (χ3n) is 5.03. The molecule has 0 bridgehead atoms. The van der Waals surface area contributed by atoms with Crippen molar-refractivity contribution in [1.82, 2.24) is 9.55 Å². The van der Waals surface area contributed by atoms with Gasteiger partial charge < -0.3 is 10.5 Å². The Balaban J connectivity index is 1.87. The molecular weight excluding hydrogens is 402 g/mol. The van der Waals surface area contributed by atoms with Gasteiger partial charge in [0.2, 0.25) is 0 Å². The zero-order valence-electron chi connectivity index (χ0n) is 16.5. The summed E-state index contributed by atoms with van der Waals surface area (Å²) in [6.07, 6.45) is 2.39. The summed E-state index contributed by atoms with van der Waals surface area (Å²) in [5.74, 6) is 0.452. The van der Waals surface area contributed by atoms with E-state index >= 15 is 0 Å². The first-order chi connectivity index (χ1) is 14.5. The maximum atomic E-state index is 13.0. The summed E-state index contributed by atoms with van der Waals surface area (Å²) in [5, 5.41) is 23.4. The summed E-state index contributed by atoms with van der Waals surface area (Å²) in [6, 6.07) is 16.3. The molecule has 0 aliphatic carbocycles. The average Bonchev–Trinajstić information content (AvgIpc) is 2.97. The van der Waals surface area contributed by atoms with Crippen LogP contribution in [0.3, 0.4) is 0 Å². The molecule has 2 heterocycles. The Bertz CT molecular complexity index is 1140. The number of fused-ring (bicyclic) bond motifs is 1. The van der Waals surface area contributed by atoms with Crippen LogP contribution in [-0.2, 0) is 7.05 Å². The van der Waals surface area contributed by atoms with Crippen LogP contribution in [0.2, 0.25) is 0 Å². The van der Waals surface area contributed by atoms with Gasteiger partial charge in [0.25, 0.3) is 5.56 Å². The molecule has 9 heteroatoms. The molecule has 3 aromatic rings. The van der Waals surface area contributed by atoms with Gasteiger partial charge in [0.15, 0.2) is 22.3 Å². The number of aliphatic imine (C=N–C) groups is 1. The SMILES string of the molecule is CSc1nc2c(c(=O)n1C)N=C(c1ccc([NH+]([O-])O)cc1)CC(c1ccccc1)N2. The number of benzene rings is 2. The minimum Gasteiger partial charge on any atom is -0.595 e. The van der Waals surface area contributed by atoms with E-state index in [1.165, 1.54) is 16.3 Å². The number of quaternary nitrogens is 1. The van der Waals surface area contributed by atoms with Crippen molar-refractivity contribution in [3.63, 3.8) is 0 Å². The molecule has 0 spiro atoms. The van der Waals surface area contributed by atoms with Crippen molar-refractivity contribution < 1.29 is 10.4 Å². The smallest absolute Gasteiger partial charge is 0.282 e. The first-order valence-corrected chi connectivity index (χ1v) is 10.6. The summed E-state index contributed by atoms with van der Waals surface area (Å²) in [5.41, 5.74) is 2.74. The van der Waals surface area contributed by atoms with E-state index in [0.717, 1.165) is 11.1 Å². The van der Waals surface area contributed by atoms with Crippen LogP contribution in [0, 0.1) is 5.21 Å². The van der Waals surface area contributed by atoms with Crippen molar-refractivity contribution in [2.45, 2.75) is 17.6 Å². The Morgan fingerprint density at radius 3 is 2.53 bits per heavy atom. The maximum Gasteiger partial charge on any atom is 0.282 e. The van der Waals surface area contributed by atoms with Gasteiger partial charge in [-0.15, -0.1) is 0 Å². The third kappa shape index (κ3) is 3.88. The molecule has 1 aliphatic heterocycles. The molecule has 0 radical (unpaired) electrons. The molecular formula is C21H21N5O3S. The summed E-state index contributed by atoms with van der Waals surface area (Å²) >= 11 is 1.40. The molecule has 30 heavy (non-hydrogen) atoms. The van der Waals surface area contributed by atoms with E-state index < -0.39 is 5.23 Å². The molecule has 8 nitrogen and oxygen atoms in total. The van der Waals surface area contributed by atoms with Crippen LogP contribution in [0.1, 0.15) is 23.6 Å². The second-order valence-electron chi connectivity index (χ2n) is 6.91. The summed E-state index contributed by atoms with van der Waals surface area (Å²) < 4.78 is 1.49. The topological polar surface area (TPSA) is 107 Å². The fourth-order valence-electron chi connectivity index (χ4n) is 3.42. The lowest BCUT2D eigenvalue weighted by Crippen LogP contribution is -2.99. The van der Waals surface area contributed by atoms with E-state index in [1.807, 2.05) is 36.6 Å². The van der Waals surface area contributed by atoms with Gasteiger partial charge >= 0.3 is 0 Å². The second-order valence-corrected chi connectivity index (χ2v) is 7.69. The van der Waals surface area contributed by atoms with Crippen molar-refractivity contribution >= 4 is 34.7 Å². The van der Waals surface area contributed by atoms with Crippen LogP contribution >= 0.6 is 11.8 Å². The van der Waals surface area contributed by atoms with E-state index in [9.17, 15) is 15.2 Å². The number of thioether (sulfide) groups is 1. The van der Waals surface area contributed by atoms with Gasteiger partial charge in [0, 0.05) is 25.6 Å². The van der Waals surface area contributed by atoms with Gasteiger partial charge in [-0.25, -0.2) is 15.2 Å². The van der Waals surface area contributed by atoms with Gasteiger partial charge in [0.05, 0.1) is 11.8 Å². The lowest BCUT2D eigenvalue weighted by Gasteiger charge is -2.19. The Kier molecular flexibility index (Phi) is 5.69. The van der Waals surface area contributed by atoms with Gasteiger partial charge in [-0.05, 0) is 29.5 Å². The molecule has 4 rings (SSSR count). The Labute approximate surface area is 177 Å². The fourth-order valence-corrected chi connectivity index (χ4v) is 3.96. The third-order valence-corrected chi connectivity index (χ3v) is 5.76. The largest absolute Gasteiger partial charge is 0.595 e. The highest BCUT2D eigenvalue weighted by Gasteiger charge is 2.25. The van der Waals surface area contributed by atoms with Crippen LogP contribution in [-0.4, -0.2) is 26.7 Å². The predicted octanol–water partition coefficient (Wildman–Crippen LogP) is 2.58. The molecule has 1 aliphatic rings. The van der Waals surface area contributed by atoms with E-state index in [-0.39, 0.29) is 23.0 Å². The second kappa shape index (κ2) is 8.41. The first kappa shape index (κ1) is 20.3. The number of hydrogen-bond donors (Lipinski definition) is 3. The molecule has 0 saturated carbocycles. The zero-order valence-corrected chi connectivity index (χ0v) is 17.3. The number of hydrogen-bond acceptors (Lipinski definition) is 7.